The molecule has 5 heteroatoms. The Labute approximate surface area is 124 Å². The normalized spacial score (nSPS) is 22.5. The lowest BCUT2D eigenvalue weighted by atomic mass is 9.92. The number of anilines is 1. The molecule has 1 saturated heterocycles. The van der Waals surface area contributed by atoms with E-state index in [4.69, 9.17) is 10.5 Å². The molecule has 112 valence electrons. The highest BCUT2D eigenvalue weighted by atomic mass is 16.6. The highest BCUT2D eigenvalue weighted by Crippen LogP contribution is 2.27. The highest BCUT2D eigenvalue weighted by molar-refractivity contribution is 5.98. The van der Waals surface area contributed by atoms with Crippen LogP contribution in [0.5, 0.6) is 0 Å². The van der Waals surface area contributed by atoms with Gasteiger partial charge in [-0.3, -0.25) is 9.69 Å². The van der Waals surface area contributed by atoms with E-state index in [0.717, 1.165) is 42.5 Å². The first-order valence-electron chi connectivity index (χ1n) is 7.53. The molecule has 2 N–H and O–H groups in total. The first-order chi connectivity index (χ1) is 10.2. The first-order valence-corrected chi connectivity index (χ1v) is 7.53. The Kier molecular flexibility index (Phi) is 3.92. The molecule has 1 atom stereocenters. The van der Waals surface area contributed by atoms with Gasteiger partial charge in [-0.25, -0.2) is 4.79 Å². The van der Waals surface area contributed by atoms with E-state index >= 15 is 0 Å². The minimum atomic E-state index is -0.359. The number of nitrogens with two attached hydrogens (primary N) is 1. The van der Waals surface area contributed by atoms with Crippen LogP contribution in [0.2, 0.25) is 0 Å². The Morgan fingerprint density at radius 2 is 2.00 bits per heavy atom. The van der Waals surface area contributed by atoms with E-state index in [0.29, 0.717) is 19.5 Å². The summed E-state index contributed by atoms with van der Waals surface area (Å²) in [5.41, 5.74) is 8.20. The van der Waals surface area contributed by atoms with Crippen molar-refractivity contribution >= 4 is 17.6 Å². The summed E-state index contributed by atoms with van der Waals surface area (Å²) in [5.74, 6) is 0.208. The van der Waals surface area contributed by atoms with Crippen LogP contribution in [0, 0.1) is 0 Å². The first kappa shape index (κ1) is 14.1. The number of carbonyl (C=O) groups is 2. The number of aryl methyl sites for hydroxylation is 1. The minimum Gasteiger partial charge on any atom is -0.443 e. The van der Waals surface area contributed by atoms with Gasteiger partial charge in [0.2, 0.25) is 0 Å². The number of carbonyl (C=O) groups excluding carboxylic acids is 2. The van der Waals surface area contributed by atoms with Gasteiger partial charge in [0.15, 0.2) is 5.78 Å². The molecule has 5 nitrogen and oxygen atoms in total. The molecule has 1 aromatic rings. The lowest BCUT2D eigenvalue weighted by Crippen LogP contribution is -2.27. The molecular weight excluding hydrogens is 268 g/mol. The molecule has 1 fully saturated rings. The van der Waals surface area contributed by atoms with E-state index in [2.05, 4.69) is 0 Å². The molecule has 0 radical (unpaired) electrons. The van der Waals surface area contributed by atoms with Crippen LogP contribution < -0.4 is 10.6 Å². The summed E-state index contributed by atoms with van der Waals surface area (Å²) in [7, 11) is 0. The largest absolute Gasteiger partial charge is 0.443 e. The third kappa shape index (κ3) is 2.78. The van der Waals surface area contributed by atoms with Crippen LogP contribution in [0.1, 0.15) is 41.6 Å². The molecule has 0 bridgehead atoms. The van der Waals surface area contributed by atoms with E-state index in [1.54, 1.807) is 4.90 Å². The van der Waals surface area contributed by atoms with Crippen molar-refractivity contribution in [2.24, 2.45) is 5.73 Å². The number of hydrogen-bond donors (Lipinski definition) is 1. The second-order valence-electron chi connectivity index (χ2n) is 5.68. The van der Waals surface area contributed by atoms with Crippen molar-refractivity contribution in [2.45, 2.75) is 38.2 Å². The zero-order valence-electron chi connectivity index (χ0n) is 12.0. The average Bonchev–Trinajstić information content (AvgIpc) is 2.85. The predicted molar refractivity (Wildman–Crippen MR) is 79.6 cm³/mol. The Hall–Kier alpha value is -1.88. The number of benzene rings is 1. The summed E-state index contributed by atoms with van der Waals surface area (Å²) in [6.07, 6.45) is 4.03. The molecule has 2 aliphatic rings. The van der Waals surface area contributed by atoms with Gasteiger partial charge in [0.1, 0.15) is 6.10 Å². The number of amides is 1. The van der Waals surface area contributed by atoms with Gasteiger partial charge in [-0.05, 0) is 43.0 Å². The Morgan fingerprint density at radius 1 is 1.19 bits per heavy atom. The molecule has 0 spiro atoms. The van der Waals surface area contributed by atoms with Gasteiger partial charge in [-0.2, -0.15) is 0 Å². The van der Waals surface area contributed by atoms with Crippen LogP contribution >= 0.6 is 0 Å². The third-order valence-electron chi connectivity index (χ3n) is 4.19. The van der Waals surface area contributed by atoms with Crippen molar-refractivity contribution < 1.29 is 14.3 Å². The topological polar surface area (TPSA) is 72.6 Å². The Bertz CT molecular complexity index is 571. The molecule has 1 aromatic carbocycles. The Balaban J connectivity index is 1.90. The van der Waals surface area contributed by atoms with E-state index in [-0.39, 0.29) is 18.0 Å². The fraction of sp³-hybridized carbons (Fsp3) is 0.500. The summed E-state index contributed by atoms with van der Waals surface area (Å²) in [4.78, 5) is 25.6. The van der Waals surface area contributed by atoms with Gasteiger partial charge < -0.3 is 10.5 Å². The van der Waals surface area contributed by atoms with Crippen LogP contribution in [-0.2, 0) is 11.2 Å². The zero-order chi connectivity index (χ0) is 14.8. The van der Waals surface area contributed by atoms with Gasteiger partial charge >= 0.3 is 6.09 Å². The summed E-state index contributed by atoms with van der Waals surface area (Å²) < 4.78 is 5.18. The maximum absolute atomic E-state index is 12.1. The molecule has 1 amide bonds. The summed E-state index contributed by atoms with van der Waals surface area (Å²) in [6.45, 7) is 0.799. The van der Waals surface area contributed by atoms with Crippen molar-refractivity contribution in [1.82, 2.24) is 0 Å². The number of fused-ring (bicyclic) bond motifs is 1. The van der Waals surface area contributed by atoms with Gasteiger partial charge in [0.05, 0.1) is 6.54 Å². The lowest BCUT2D eigenvalue weighted by Gasteiger charge is -2.18. The second-order valence-corrected chi connectivity index (χ2v) is 5.68. The number of Topliss-reactive ketones (excluding diaryl/α,β-unsaturated/α-hetero) is 1. The van der Waals surface area contributed by atoms with Crippen molar-refractivity contribution in [3.63, 3.8) is 0 Å². The van der Waals surface area contributed by atoms with E-state index in [1.165, 1.54) is 0 Å². The van der Waals surface area contributed by atoms with E-state index in [9.17, 15) is 9.59 Å². The zero-order valence-corrected chi connectivity index (χ0v) is 12.0. The maximum atomic E-state index is 12.1. The number of ketones is 1. The molecule has 21 heavy (non-hydrogen) atoms. The molecule has 1 unspecified atom stereocenters. The standard InChI is InChI=1S/C16H20N2O3/c17-9-13-10-18(16(20)21-13)12-6-7-14-11(8-12)4-2-1-3-5-15(14)19/h6-8,13H,1-5,9-10,17H2. The number of rotatable bonds is 2. The lowest BCUT2D eigenvalue weighted by molar-refractivity contribution is 0.0976. The second kappa shape index (κ2) is 5.85. The predicted octanol–water partition coefficient (Wildman–Crippen LogP) is 2.27. The van der Waals surface area contributed by atoms with Crippen molar-refractivity contribution in [2.75, 3.05) is 18.0 Å². The molecule has 1 aliphatic carbocycles. The van der Waals surface area contributed by atoms with Gasteiger partial charge in [0, 0.05) is 24.2 Å². The van der Waals surface area contributed by atoms with Crippen molar-refractivity contribution in [3.05, 3.63) is 29.3 Å². The third-order valence-corrected chi connectivity index (χ3v) is 4.19. The number of ether oxygens (including phenoxy) is 1. The quantitative estimate of drug-likeness (QED) is 0.906. The number of hydrogen-bond acceptors (Lipinski definition) is 4. The van der Waals surface area contributed by atoms with Gasteiger partial charge in [0.25, 0.3) is 0 Å². The van der Waals surface area contributed by atoms with Crippen LogP contribution in [0.3, 0.4) is 0 Å². The highest BCUT2D eigenvalue weighted by Gasteiger charge is 2.31. The molecule has 0 saturated carbocycles. The van der Waals surface area contributed by atoms with E-state index < -0.39 is 0 Å². The molecule has 1 heterocycles. The molecule has 0 aromatic heterocycles. The molecule has 3 rings (SSSR count). The summed E-state index contributed by atoms with van der Waals surface area (Å²) in [6, 6.07) is 5.64. The SMILES string of the molecule is NCC1CN(c2ccc3c(c2)CCCCCC3=O)C(=O)O1. The van der Waals surface area contributed by atoms with Crippen LogP contribution in [-0.4, -0.2) is 31.1 Å². The van der Waals surface area contributed by atoms with Crippen molar-refractivity contribution in [3.8, 4) is 0 Å². The van der Waals surface area contributed by atoms with Crippen molar-refractivity contribution in [1.29, 1.82) is 0 Å². The minimum absolute atomic E-state index is 0.208. The summed E-state index contributed by atoms with van der Waals surface area (Å²) in [5, 5.41) is 0. The molecular formula is C16H20N2O3. The smallest absolute Gasteiger partial charge is 0.414 e. The van der Waals surface area contributed by atoms with Crippen LogP contribution in [0.25, 0.3) is 0 Å². The fourth-order valence-corrected chi connectivity index (χ4v) is 2.99. The average molecular weight is 288 g/mol. The Morgan fingerprint density at radius 3 is 2.76 bits per heavy atom. The monoisotopic (exact) mass is 288 g/mol. The number of nitrogens with zero attached hydrogens (tertiary/aromatic N) is 1. The van der Waals surface area contributed by atoms with Gasteiger partial charge in [-0.1, -0.05) is 6.42 Å². The number of cyclic esters (lactones) is 1. The van der Waals surface area contributed by atoms with Crippen LogP contribution in [0.4, 0.5) is 10.5 Å². The van der Waals surface area contributed by atoms with Crippen LogP contribution in [0.15, 0.2) is 18.2 Å². The summed E-state index contributed by atoms with van der Waals surface area (Å²) >= 11 is 0. The molecule has 1 aliphatic heterocycles. The fourth-order valence-electron chi connectivity index (χ4n) is 2.99. The van der Waals surface area contributed by atoms with Gasteiger partial charge in [-0.15, -0.1) is 0 Å². The van der Waals surface area contributed by atoms with E-state index in [1.807, 2.05) is 18.2 Å². The maximum Gasteiger partial charge on any atom is 0.414 e.